The molecule has 0 aromatic heterocycles. The van der Waals surface area contributed by atoms with E-state index in [2.05, 4.69) is 26.1 Å². The molecule has 5 heteroatoms. The Morgan fingerprint density at radius 2 is 2.05 bits per heavy atom. The van der Waals surface area contributed by atoms with Gasteiger partial charge in [-0.15, -0.1) is 0 Å². The van der Waals surface area contributed by atoms with E-state index in [0.29, 0.717) is 24.7 Å². The van der Waals surface area contributed by atoms with Gasteiger partial charge in [0, 0.05) is 17.6 Å². The zero-order valence-corrected chi connectivity index (χ0v) is 13.4. The Bertz CT molecular complexity index is 480. The van der Waals surface area contributed by atoms with Crippen molar-refractivity contribution in [1.29, 1.82) is 0 Å². The number of carboxylic acid groups (broad SMARTS) is 1. The minimum atomic E-state index is -1.00. The van der Waals surface area contributed by atoms with Gasteiger partial charge in [0.25, 0.3) is 0 Å². The Morgan fingerprint density at radius 3 is 2.57 bits per heavy atom. The molecule has 1 unspecified atom stereocenters. The second kappa shape index (κ2) is 7.31. The summed E-state index contributed by atoms with van der Waals surface area (Å²) in [5, 5.41) is 12.4. The lowest BCUT2D eigenvalue weighted by molar-refractivity contribution is -0.144. The highest BCUT2D eigenvalue weighted by Gasteiger charge is 2.19. The van der Waals surface area contributed by atoms with E-state index >= 15 is 0 Å². The van der Waals surface area contributed by atoms with Crippen molar-refractivity contribution in [3.05, 3.63) is 23.8 Å². The summed E-state index contributed by atoms with van der Waals surface area (Å²) in [6.07, 6.45) is -0.931. The van der Waals surface area contributed by atoms with Crippen LogP contribution in [-0.2, 0) is 11.3 Å². The number of carboxylic acids is 1. The second-order valence-electron chi connectivity index (χ2n) is 5.88. The number of hydrogen-bond donors (Lipinski definition) is 2. The van der Waals surface area contributed by atoms with Crippen molar-refractivity contribution >= 4 is 5.97 Å². The summed E-state index contributed by atoms with van der Waals surface area (Å²) in [5.74, 6) is 0.0563. The predicted molar refractivity (Wildman–Crippen MR) is 81.9 cm³/mol. The molecule has 21 heavy (non-hydrogen) atoms. The zero-order valence-electron chi connectivity index (χ0n) is 13.4. The van der Waals surface area contributed by atoms with Crippen LogP contribution in [0.3, 0.4) is 0 Å². The van der Waals surface area contributed by atoms with Crippen molar-refractivity contribution in [2.75, 3.05) is 6.61 Å². The number of hydrogen-bond acceptors (Lipinski definition) is 4. The van der Waals surface area contributed by atoms with E-state index in [4.69, 9.17) is 14.6 Å². The summed E-state index contributed by atoms with van der Waals surface area (Å²) in [6, 6.07) is 5.57. The molecule has 118 valence electrons. The maximum Gasteiger partial charge on any atom is 0.344 e. The van der Waals surface area contributed by atoms with Crippen LogP contribution in [0.2, 0.25) is 0 Å². The van der Waals surface area contributed by atoms with Crippen molar-refractivity contribution in [1.82, 2.24) is 5.32 Å². The number of benzene rings is 1. The zero-order chi connectivity index (χ0) is 16.0. The molecule has 0 bridgehead atoms. The fourth-order valence-corrected chi connectivity index (χ4v) is 1.69. The van der Waals surface area contributed by atoms with Crippen LogP contribution in [0, 0.1) is 0 Å². The molecule has 0 radical (unpaired) electrons. The van der Waals surface area contributed by atoms with Crippen LogP contribution in [0.1, 0.15) is 40.2 Å². The van der Waals surface area contributed by atoms with Gasteiger partial charge in [-0.05, 0) is 40.7 Å². The van der Waals surface area contributed by atoms with Gasteiger partial charge in [0.15, 0.2) is 17.6 Å². The summed E-state index contributed by atoms with van der Waals surface area (Å²) in [4.78, 5) is 11.0. The summed E-state index contributed by atoms with van der Waals surface area (Å²) in [6.45, 7) is 10.7. The smallest absolute Gasteiger partial charge is 0.344 e. The molecule has 0 saturated heterocycles. The molecule has 0 aliphatic carbocycles. The summed E-state index contributed by atoms with van der Waals surface area (Å²) in [7, 11) is 0. The molecule has 0 aliphatic rings. The number of rotatable bonds is 7. The van der Waals surface area contributed by atoms with E-state index in [1.165, 1.54) is 6.92 Å². The average Bonchev–Trinajstić information content (AvgIpc) is 2.38. The van der Waals surface area contributed by atoms with Gasteiger partial charge in [0.1, 0.15) is 0 Å². The van der Waals surface area contributed by atoms with Gasteiger partial charge in [-0.3, -0.25) is 0 Å². The highest BCUT2D eigenvalue weighted by Crippen LogP contribution is 2.32. The van der Waals surface area contributed by atoms with Crippen molar-refractivity contribution in [3.63, 3.8) is 0 Å². The minimum absolute atomic E-state index is 0.0443. The predicted octanol–water partition coefficient (Wildman–Crippen LogP) is 2.83. The van der Waals surface area contributed by atoms with Gasteiger partial charge in [0.2, 0.25) is 0 Å². The van der Waals surface area contributed by atoms with Gasteiger partial charge >= 0.3 is 5.97 Å². The highest BCUT2D eigenvalue weighted by atomic mass is 16.5. The van der Waals surface area contributed by atoms with E-state index in [1.807, 2.05) is 19.1 Å². The molecule has 0 fully saturated rings. The number of aliphatic carboxylic acids is 1. The van der Waals surface area contributed by atoms with Crippen LogP contribution in [0.4, 0.5) is 0 Å². The fourth-order valence-electron chi connectivity index (χ4n) is 1.69. The number of carbonyl (C=O) groups is 1. The van der Waals surface area contributed by atoms with Crippen LogP contribution in [0.25, 0.3) is 0 Å². The van der Waals surface area contributed by atoms with Gasteiger partial charge in [-0.25, -0.2) is 4.79 Å². The Morgan fingerprint density at radius 1 is 1.38 bits per heavy atom. The van der Waals surface area contributed by atoms with Crippen molar-refractivity contribution in [2.45, 2.75) is 52.8 Å². The first kappa shape index (κ1) is 17.3. The number of ether oxygens (including phenoxy) is 2. The van der Waals surface area contributed by atoms with Crippen molar-refractivity contribution in [3.8, 4) is 11.5 Å². The largest absolute Gasteiger partial charge is 0.490 e. The molecular weight excluding hydrogens is 270 g/mol. The molecule has 0 heterocycles. The van der Waals surface area contributed by atoms with E-state index in [0.717, 1.165) is 5.56 Å². The highest BCUT2D eigenvalue weighted by molar-refractivity contribution is 5.72. The van der Waals surface area contributed by atoms with E-state index in [9.17, 15) is 4.79 Å². The lowest BCUT2D eigenvalue weighted by Gasteiger charge is -2.23. The lowest BCUT2D eigenvalue weighted by Crippen LogP contribution is -2.35. The molecule has 0 amide bonds. The Hall–Kier alpha value is -1.75. The molecule has 1 atom stereocenters. The van der Waals surface area contributed by atoms with E-state index in [1.54, 1.807) is 6.07 Å². The van der Waals surface area contributed by atoms with Crippen molar-refractivity contribution < 1.29 is 19.4 Å². The van der Waals surface area contributed by atoms with Gasteiger partial charge in [-0.1, -0.05) is 12.1 Å². The first-order valence-corrected chi connectivity index (χ1v) is 7.13. The summed E-state index contributed by atoms with van der Waals surface area (Å²) in [5.41, 5.74) is 0.834. The molecule has 1 aromatic carbocycles. The third-order valence-electron chi connectivity index (χ3n) is 2.81. The maximum absolute atomic E-state index is 11.0. The summed E-state index contributed by atoms with van der Waals surface area (Å²) >= 11 is 0. The maximum atomic E-state index is 11.0. The van der Waals surface area contributed by atoms with Crippen LogP contribution in [-0.4, -0.2) is 29.3 Å². The van der Waals surface area contributed by atoms with Crippen LogP contribution in [0.5, 0.6) is 11.5 Å². The molecule has 5 nitrogen and oxygen atoms in total. The molecular formula is C16H25NO4. The molecule has 2 N–H and O–H groups in total. The molecule has 0 spiro atoms. The SMILES string of the molecule is CCOc1cccc(CNC(C)(C)C)c1OC(C)C(=O)O. The number of para-hydroxylation sites is 1. The normalized spacial score (nSPS) is 12.8. The molecule has 1 rings (SSSR count). The molecule has 1 aromatic rings. The monoisotopic (exact) mass is 295 g/mol. The van der Waals surface area contributed by atoms with Gasteiger partial charge in [0.05, 0.1) is 6.61 Å². The third-order valence-corrected chi connectivity index (χ3v) is 2.81. The molecule has 0 saturated carbocycles. The third kappa shape index (κ3) is 5.63. The standard InChI is InChI=1S/C16H25NO4/c1-6-20-13-9-7-8-12(10-17-16(3,4)5)14(13)21-11(2)15(18)19/h7-9,11,17H,6,10H2,1-5H3,(H,18,19). The van der Waals surface area contributed by atoms with Gasteiger partial charge in [-0.2, -0.15) is 0 Å². The Labute approximate surface area is 126 Å². The summed E-state index contributed by atoms with van der Waals surface area (Å²) < 4.78 is 11.1. The average molecular weight is 295 g/mol. The van der Waals surface area contributed by atoms with Crippen LogP contribution in [0.15, 0.2) is 18.2 Å². The van der Waals surface area contributed by atoms with Crippen LogP contribution >= 0.6 is 0 Å². The van der Waals surface area contributed by atoms with E-state index in [-0.39, 0.29) is 5.54 Å². The Kier molecular flexibility index (Phi) is 6.03. The first-order chi connectivity index (χ1) is 9.74. The topological polar surface area (TPSA) is 67.8 Å². The van der Waals surface area contributed by atoms with Gasteiger partial charge < -0.3 is 19.9 Å². The second-order valence-corrected chi connectivity index (χ2v) is 5.88. The fraction of sp³-hybridized carbons (Fsp3) is 0.562. The van der Waals surface area contributed by atoms with Crippen molar-refractivity contribution in [2.24, 2.45) is 0 Å². The van der Waals surface area contributed by atoms with Crippen LogP contribution < -0.4 is 14.8 Å². The number of nitrogens with one attached hydrogen (secondary N) is 1. The molecule has 0 aliphatic heterocycles. The first-order valence-electron chi connectivity index (χ1n) is 7.13. The Balaban J connectivity index is 3.04. The van der Waals surface area contributed by atoms with E-state index < -0.39 is 12.1 Å². The quantitative estimate of drug-likeness (QED) is 0.809. The lowest BCUT2D eigenvalue weighted by atomic mass is 10.1. The minimum Gasteiger partial charge on any atom is -0.490 e.